The van der Waals surface area contributed by atoms with E-state index >= 15 is 0 Å². The van der Waals surface area contributed by atoms with Gasteiger partial charge in [0.15, 0.2) is 0 Å². The van der Waals surface area contributed by atoms with Crippen LogP contribution in [-0.2, 0) is 4.84 Å². The minimum Gasteiger partial charge on any atom is -0.399 e. The van der Waals surface area contributed by atoms with Gasteiger partial charge in [0.05, 0.1) is 5.71 Å². The van der Waals surface area contributed by atoms with Crippen LogP contribution in [0.1, 0.15) is 112 Å². The Morgan fingerprint density at radius 1 is 0.933 bits per heavy atom. The van der Waals surface area contributed by atoms with Gasteiger partial charge in [-0.3, -0.25) is 0 Å². The van der Waals surface area contributed by atoms with Crippen molar-refractivity contribution < 1.29 is 4.84 Å². The van der Waals surface area contributed by atoms with Crippen LogP contribution in [0.2, 0.25) is 0 Å². The quantitative estimate of drug-likeness (QED) is 0.401. The summed E-state index contributed by atoms with van der Waals surface area (Å²) in [6.45, 7) is 12.8. The van der Waals surface area contributed by atoms with Crippen LogP contribution >= 0.6 is 0 Å². The molecule has 0 saturated heterocycles. The fraction of sp³-hybridized carbons (Fsp3) is 0.964. The molecular formula is C28H49NO. The third-order valence-electron chi connectivity index (χ3n) is 10.9. The molecule has 4 aliphatic carbocycles. The molecular weight excluding hydrogens is 366 g/mol. The van der Waals surface area contributed by atoms with Gasteiger partial charge in [0, 0.05) is 0 Å². The Balaban J connectivity index is 1.45. The van der Waals surface area contributed by atoms with E-state index in [0.29, 0.717) is 10.8 Å². The average molecular weight is 416 g/mol. The molecule has 0 amide bonds. The third kappa shape index (κ3) is 3.88. The summed E-state index contributed by atoms with van der Waals surface area (Å²) in [5.41, 5.74) is 2.51. The molecule has 0 radical (unpaired) electrons. The van der Waals surface area contributed by atoms with E-state index in [4.69, 9.17) is 4.84 Å². The van der Waals surface area contributed by atoms with Crippen molar-refractivity contribution in [3.8, 4) is 0 Å². The highest BCUT2D eigenvalue weighted by molar-refractivity contribution is 5.85. The Morgan fingerprint density at radius 2 is 1.70 bits per heavy atom. The Kier molecular flexibility index (Phi) is 6.63. The molecule has 4 saturated carbocycles. The smallest absolute Gasteiger partial charge is 0.106 e. The maximum Gasteiger partial charge on any atom is 0.106 e. The first kappa shape index (κ1) is 22.7. The molecule has 0 aromatic rings. The molecule has 30 heavy (non-hydrogen) atoms. The van der Waals surface area contributed by atoms with Gasteiger partial charge in [0.25, 0.3) is 0 Å². The van der Waals surface area contributed by atoms with Gasteiger partial charge in [0.1, 0.15) is 7.11 Å². The molecule has 0 spiro atoms. The highest BCUT2D eigenvalue weighted by atomic mass is 16.6. The zero-order chi connectivity index (χ0) is 21.5. The Morgan fingerprint density at radius 3 is 2.43 bits per heavy atom. The maximum absolute atomic E-state index is 5.13. The largest absolute Gasteiger partial charge is 0.399 e. The predicted molar refractivity (Wildman–Crippen MR) is 128 cm³/mol. The van der Waals surface area contributed by atoms with E-state index in [1.165, 1.54) is 82.8 Å². The van der Waals surface area contributed by atoms with E-state index in [2.05, 4.69) is 39.8 Å². The molecule has 2 heteroatoms. The van der Waals surface area contributed by atoms with Crippen molar-refractivity contribution in [1.82, 2.24) is 0 Å². The van der Waals surface area contributed by atoms with Crippen LogP contribution in [0.15, 0.2) is 5.16 Å². The van der Waals surface area contributed by atoms with Gasteiger partial charge in [-0.2, -0.15) is 0 Å². The summed E-state index contributed by atoms with van der Waals surface area (Å²) in [5, 5.41) is 4.36. The lowest BCUT2D eigenvalue weighted by Gasteiger charge is -2.60. The van der Waals surface area contributed by atoms with Gasteiger partial charge >= 0.3 is 0 Å². The molecule has 172 valence electrons. The summed E-state index contributed by atoms with van der Waals surface area (Å²) < 4.78 is 0. The maximum atomic E-state index is 5.13. The summed E-state index contributed by atoms with van der Waals surface area (Å²) in [6, 6.07) is 0. The van der Waals surface area contributed by atoms with Crippen LogP contribution < -0.4 is 0 Å². The van der Waals surface area contributed by atoms with E-state index in [9.17, 15) is 0 Å². The van der Waals surface area contributed by atoms with E-state index in [0.717, 1.165) is 41.4 Å². The number of rotatable bonds is 6. The van der Waals surface area contributed by atoms with Crippen LogP contribution in [0.25, 0.3) is 0 Å². The molecule has 4 rings (SSSR count). The molecule has 4 fully saturated rings. The van der Waals surface area contributed by atoms with Crippen molar-refractivity contribution in [1.29, 1.82) is 0 Å². The lowest BCUT2D eigenvalue weighted by Crippen LogP contribution is -2.53. The Labute approximate surface area is 187 Å². The molecule has 0 aromatic heterocycles. The average Bonchev–Trinajstić information content (AvgIpc) is 3.05. The number of oxime groups is 1. The standard InChI is InChI=1S/C28H49NO/c1-19(2)8-7-9-20(3)24-12-13-25-23-11-10-21-18-22(29-30-6)14-16-27(21,4)26(23)15-17-28(24,25)5/h19-21,23-26H,7-18H2,1-6H3/b29-22-/t20-,21-,23-,24+,25-,26-,27-,28+/m0/s1. The van der Waals surface area contributed by atoms with E-state index < -0.39 is 0 Å². The van der Waals surface area contributed by atoms with Crippen molar-refractivity contribution in [2.75, 3.05) is 7.11 Å². The molecule has 0 heterocycles. The van der Waals surface area contributed by atoms with Gasteiger partial charge < -0.3 is 4.84 Å². The second-order valence-corrected chi connectivity index (χ2v) is 12.7. The molecule has 8 atom stereocenters. The van der Waals surface area contributed by atoms with Crippen LogP contribution in [0, 0.1) is 52.3 Å². The SMILES string of the molecule is CO/N=C1/CC[C@@]2(C)[C@@H](CC[C@@H]3[C@@H]2CC[C@]2(C)[C@@H]([C@@H](C)CCCC(C)C)CC[C@@H]32)C1. The van der Waals surface area contributed by atoms with Gasteiger partial charge in [-0.1, -0.05) is 59.0 Å². The monoisotopic (exact) mass is 415 g/mol. The van der Waals surface area contributed by atoms with Crippen molar-refractivity contribution in [3.05, 3.63) is 0 Å². The van der Waals surface area contributed by atoms with E-state index in [-0.39, 0.29) is 0 Å². The molecule has 0 bridgehead atoms. The Bertz CT molecular complexity index is 626. The van der Waals surface area contributed by atoms with Crippen molar-refractivity contribution in [2.24, 2.45) is 57.4 Å². The fourth-order valence-corrected chi connectivity index (χ4v) is 9.30. The first-order chi connectivity index (χ1) is 14.3. The summed E-state index contributed by atoms with van der Waals surface area (Å²) in [4.78, 5) is 5.13. The van der Waals surface area contributed by atoms with Gasteiger partial charge in [-0.05, 0) is 110 Å². The summed E-state index contributed by atoms with van der Waals surface area (Å²) in [7, 11) is 1.71. The third-order valence-corrected chi connectivity index (χ3v) is 10.9. The van der Waals surface area contributed by atoms with E-state index in [1.807, 2.05) is 0 Å². The minimum atomic E-state index is 0.554. The molecule has 0 unspecified atom stereocenters. The normalized spacial score (nSPS) is 45.7. The van der Waals surface area contributed by atoms with Crippen LogP contribution in [-0.4, -0.2) is 12.8 Å². The molecule has 0 aromatic carbocycles. The first-order valence-electron chi connectivity index (χ1n) is 13.4. The number of hydrogen-bond acceptors (Lipinski definition) is 2. The second kappa shape index (κ2) is 8.78. The highest BCUT2D eigenvalue weighted by Gasteiger charge is 2.60. The van der Waals surface area contributed by atoms with Crippen molar-refractivity contribution in [3.63, 3.8) is 0 Å². The zero-order valence-corrected chi connectivity index (χ0v) is 20.9. The summed E-state index contributed by atoms with van der Waals surface area (Å²) in [5.74, 6) is 6.57. The van der Waals surface area contributed by atoms with Gasteiger partial charge in [-0.25, -0.2) is 0 Å². The minimum absolute atomic E-state index is 0.554. The van der Waals surface area contributed by atoms with E-state index in [1.54, 1.807) is 7.11 Å². The lowest BCUT2D eigenvalue weighted by atomic mass is 9.44. The number of fused-ring (bicyclic) bond motifs is 5. The van der Waals surface area contributed by atoms with Crippen LogP contribution in [0.4, 0.5) is 0 Å². The molecule has 4 aliphatic rings. The first-order valence-corrected chi connectivity index (χ1v) is 13.4. The van der Waals surface area contributed by atoms with Crippen LogP contribution in [0.3, 0.4) is 0 Å². The van der Waals surface area contributed by atoms with Crippen molar-refractivity contribution in [2.45, 2.75) is 112 Å². The van der Waals surface area contributed by atoms with Crippen LogP contribution in [0.5, 0.6) is 0 Å². The number of hydrogen-bond donors (Lipinski definition) is 0. The lowest BCUT2D eigenvalue weighted by molar-refractivity contribution is -0.105. The molecule has 0 N–H and O–H groups in total. The van der Waals surface area contributed by atoms with Gasteiger partial charge in [0.2, 0.25) is 0 Å². The van der Waals surface area contributed by atoms with Gasteiger partial charge in [-0.15, -0.1) is 0 Å². The summed E-state index contributed by atoms with van der Waals surface area (Å²) >= 11 is 0. The topological polar surface area (TPSA) is 21.6 Å². The Hall–Kier alpha value is -0.530. The highest BCUT2D eigenvalue weighted by Crippen LogP contribution is 2.68. The molecule has 0 aliphatic heterocycles. The fourth-order valence-electron chi connectivity index (χ4n) is 9.30. The second-order valence-electron chi connectivity index (χ2n) is 12.7. The number of nitrogens with zero attached hydrogens (tertiary/aromatic N) is 1. The summed E-state index contributed by atoms with van der Waals surface area (Å²) in [6.07, 6.45) is 17.0. The predicted octanol–water partition coefficient (Wildman–Crippen LogP) is 8.11. The van der Waals surface area contributed by atoms with Crippen molar-refractivity contribution >= 4 is 5.71 Å². The zero-order valence-electron chi connectivity index (χ0n) is 20.9. The molecule has 2 nitrogen and oxygen atoms in total.